The average molecular weight is 514 g/mol. The number of benzene rings is 2. The fraction of sp³-hybridized carbons (Fsp3) is 0.423. The van der Waals surface area contributed by atoms with Crippen LogP contribution in [0.3, 0.4) is 0 Å². The predicted molar refractivity (Wildman–Crippen MR) is 137 cm³/mol. The van der Waals surface area contributed by atoms with Gasteiger partial charge in [0.15, 0.2) is 17.3 Å². The summed E-state index contributed by atoms with van der Waals surface area (Å²) in [7, 11) is 3.58. The number of halogens is 2. The molecule has 10 heteroatoms. The van der Waals surface area contributed by atoms with Gasteiger partial charge in [-0.1, -0.05) is 17.7 Å². The summed E-state index contributed by atoms with van der Waals surface area (Å²) in [6.07, 6.45) is 4.87. The Bertz CT molecular complexity index is 1280. The van der Waals surface area contributed by atoms with Crippen molar-refractivity contribution in [3.8, 4) is 11.5 Å². The molecule has 1 aromatic heterocycles. The van der Waals surface area contributed by atoms with Crippen molar-refractivity contribution in [1.29, 1.82) is 0 Å². The standard InChI is InChI=1S/C26H29ClFN5O3/c1-32-10-5-9-21(32)26(34)33-11-4-6-16(14-33)36-23-12-17-20(13-22(23)35-2)29-15-30-25(17)31-19-8-3-7-18(27)24(19)28/h3,7-8,12-13,15-16,21H,4-6,9-11,14H2,1-2H3,(H,29,30,31)/t16?,21-/m0/s1. The Morgan fingerprint density at radius 1 is 1.17 bits per heavy atom. The van der Waals surface area contributed by atoms with Crippen LogP contribution in [0.5, 0.6) is 11.5 Å². The molecule has 2 atom stereocenters. The molecule has 2 aliphatic heterocycles. The number of hydrogen-bond acceptors (Lipinski definition) is 7. The van der Waals surface area contributed by atoms with Crippen molar-refractivity contribution in [2.24, 2.45) is 0 Å². The van der Waals surface area contributed by atoms with E-state index in [2.05, 4.69) is 20.2 Å². The highest BCUT2D eigenvalue weighted by Crippen LogP contribution is 2.37. The van der Waals surface area contributed by atoms with E-state index in [1.54, 1.807) is 31.4 Å². The molecule has 3 heterocycles. The molecule has 3 aromatic rings. The largest absolute Gasteiger partial charge is 0.493 e. The van der Waals surface area contributed by atoms with Crippen LogP contribution in [-0.2, 0) is 4.79 Å². The predicted octanol–water partition coefficient (Wildman–Crippen LogP) is 4.64. The number of methoxy groups -OCH3 is 1. The Morgan fingerprint density at radius 2 is 2.00 bits per heavy atom. The van der Waals surface area contributed by atoms with Crippen LogP contribution < -0.4 is 14.8 Å². The number of ether oxygens (including phenoxy) is 2. The van der Waals surface area contributed by atoms with Crippen LogP contribution in [0.2, 0.25) is 5.02 Å². The van der Waals surface area contributed by atoms with Gasteiger partial charge in [0.05, 0.1) is 35.9 Å². The highest BCUT2D eigenvalue weighted by atomic mass is 35.5. The SMILES string of the molecule is COc1cc2ncnc(Nc3cccc(Cl)c3F)c2cc1OC1CCCN(C(=O)[C@@H]2CCCN2C)C1. The second-order valence-corrected chi connectivity index (χ2v) is 9.68. The minimum atomic E-state index is -0.559. The van der Waals surface area contributed by atoms with Gasteiger partial charge in [0.1, 0.15) is 18.2 Å². The first-order valence-electron chi connectivity index (χ1n) is 12.1. The number of nitrogens with zero attached hydrogens (tertiary/aromatic N) is 4. The minimum Gasteiger partial charge on any atom is -0.493 e. The number of likely N-dealkylation sites (N-methyl/N-ethyl adjacent to an activating group) is 1. The maximum absolute atomic E-state index is 14.5. The zero-order valence-electron chi connectivity index (χ0n) is 20.3. The van der Waals surface area contributed by atoms with Gasteiger partial charge in [0, 0.05) is 18.0 Å². The monoisotopic (exact) mass is 513 g/mol. The Morgan fingerprint density at radius 3 is 2.78 bits per heavy atom. The number of fused-ring (bicyclic) bond motifs is 1. The summed E-state index contributed by atoms with van der Waals surface area (Å²) in [4.78, 5) is 25.8. The summed E-state index contributed by atoms with van der Waals surface area (Å²) < 4.78 is 26.5. The molecule has 0 saturated carbocycles. The lowest BCUT2D eigenvalue weighted by Crippen LogP contribution is -2.50. The summed E-state index contributed by atoms with van der Waals surface area (Å²) in [6, 6.07) is 8.26. The molecule has 1 amide bonds. The van der Waals surface area contributed by atoms with E-state index in [0.717, 1.165) is 38.8 Å². The maximum atomic E-state index is 14.5. The van der Waals surface area contributed by atoms with Gasteiger partial charge < -0.3 is 19.7 Å². The van der Waals surface area contributed by atoms with E-state index < -0.39 is 5.82 Å². The van der Waals surface area contributed by atoms with Crippen LogP contribution in [0.25, 0.3) is 10.9 Å². The molecule has 8 nitrogen and oxygen atoms in total. The Labute approximate surface area is 214 Å². The van der Waals surface area contributed by atoms with Crippen molar-refractivity contribution in [3.05, 3.63) is 47.5 Å². The molecule has 5 rings (SSSR count). The maximum Gasteiger partial charge on any atom is 0.240 e. The van der Waals surface area contributed by atoms with E-state index in [0.29, 0.717) is 34.8 Å². The van der Waals surface area contributed by atoms with Crippen molar-refractivity contribution >= 4 is 39.9 Å². The molecule has 1 unspecified atom stereocenters. The van der Waals surface area contributed by atoms with Gasteiger partial charge in [-0.15, -0.1) is 0 Å². The summed E-state index contributed by atoms with van der Waals surface area (Å²) in [5.41, 5.74) is 0.822. The van der Waals surface area contributed by atoms with Gasteiger partial charge in [0.25, 0.3) is 0 Å². The van der Waals surface area contributed by atoms with Crippen LogP contribution in [-0.4, -0.2) is 71.6 Å². The molecule has 2 fully saturated rings. The lowest BCUT2D eigenvalue weighted by Gasteiger charge is -2.35. The molecular formula is C26H29ClFN5O3. The summed E-state index contributed by atoms with van der Waals surface area (Å²) in [5, 5.41) is 3.68. The number of carbonyl (C=O) groups excluding carboxylic acids is 1. The molecule has 2 saturated heterocycles. The molecule has 2 aliphatic rings. The average Bonchev–Trinajstić information content (AvgIpc) is 3.32. The second kappa shape index (κ2) is 10.4. The van der Waals surface area contributed by atoms with Crippen molar-refractivity contribution in [2.45, 2.75) is 37.8 Å². The van der Waals surface area contributed by atoms with Crippen LogP contribution in [0.4, 0.5) is 15.9 Å². The first-order valence-corrected chi connectivity index (χ1v) is 12.5. The molecule has 36 heavy (non-hydrogen) atoms. The van der Waals surface area contributed by atoms with Gasteiger partial charge in [-0.3, -0.25) is 9.69 Å². The molecule has 190 valence electrons. The molecule has 1 N–H and O–H groups in total. The third-order valence-corrected chi connectivity index (χ3v) is 7.21. The third kappa shape index (κ3) is 4.90. The zero-order chi connectivity index (χ0) is 25.2. The van der Waals surface area contributed by atoms with Crippen LogP contribution in [0, 0.1) is 5.82 Å². The molecule has 0 radical (unpaired) electrons. The van der Waals surface area contributed by atoms with Crippen molar-refractivity contribution in [3.63, 3.8) is 0 Å². The Hall–Kier alpha value is -3.17. The normalized spacial score (nSPS) is 20.5. The quantitative estimate of drug-likeness (QED) is 0.514. The fourth-order valence-corrected chi connectivity index (χ4v) is 5.16. The van der Waals surface area contributed by atoms with E-state index in [1.807, 2.05) is 11.9 Å². The lowest BCUT2D eigenvalue weighted by molar-refractivity contribution is -0.138. The van der Waals surface area contributed by atoms with Gasteiger partial charge in [-0.05, 0) is 57.5 Å². The van der Waals surface area contributed by atoms with E-state index in [4.69, 9.17) is 21.1 Å². The number of nitrogens with one attached hydrogen (secondary N) is 1. The molecule has 2 aromatic carbocycles. The second-order valence-electron chi connectivity index (χ2n) is 9.27. The van der Waals surface area contributed by atoms with Gasteiger partial charge in [-0.2, -0.15) is 0 Å². The first-order chi connectivity index (χ1) is 17.4. The van der Waals surface area contributed by atoms with Crippen molar-refractivity contribution in [2.75, 3.05) is 39.1 Å². The van der Waals surface area contributed by atoms with Gasteiger partial charge in [0.2, 0.25) is 5.91 Å². The van der Waals surface area contributed by atoms with E-state index in [9.17, 15) is 9.18 Å². The Kier molecular flexibility index (Phi) is 7.11. The summed E-state index contributed by atoms with van der Waals surface area (Å²) in [6.45, 7) is 2.22. The number of aromatic nitrogens is 2. The third-order valence-electron chi connectivity index (χ3n) is 6.91. The minimum absolute atomic E-state index is 0.0178. The number of amides is 1. The molecule has 0 spiro atoms. The van der Waals surface area contributed by atoms with Gasteiger partial charge in [-0.25, -0.2) is 14.4 Å². The molecule has 0 aliphatic carbocycles. The van der Waals surface area contributed by atoms with E-state index in [1.165, 1.54) is 12.4 Å². The fourth-order valence-electron chi connectivity index (χ4n) is 4.99. The number of piperidine rings is 1. The lowest BCUT2D eigenvalue weighted by atomic mass is 10.1. The van der Waals surface area contributed by atoms with Crippen LogP contribution in [0.15, 0.2) is 36.7 Å². The Balaban J connectivity index is 1.40. The number of hydrogen-bond donors (Lipinski definition) is 1. The summed E-state index contributed by atoms with van der Waals surface area (Å²) >= 11 is 5.94. The number of likely N-dealkylation sites (tertiary alicyclic amines) is 2. The number of anilines is 2. The van der Waals surface area contributed by atoms with Crippen LogP contribution in [0.1, 0.15) is 25.7 Å². The van der Waals surface area contributed by atoms with Crippen LogP contribution >= 0.6 is 11.6 Å². The number of rotatable bonds is 6. The van der Waals surface area contributed by atoms with Crippen molar-refractivity contribution < 1.29 is 18.7 Å². The van der Waals surface area contributed by atoms with Gasteiger partial charge >= 0.3 is 0 Å². The van der Waals surface area contributed by atoms with E-state index in [-0.39, 0.29) is 28.8 Å². The zero-order valence-corrected chi connectivity index (χ0v) is 21.1. The smallest absolute Gasteiger partial charge is 0.240 e. The molecule has 0 bridgehead atoms. The highest BCUT2D eigenvalue weighted by molar-refractivity contribution is 6.31. The molecular weight excluding hydrogens is 485 g/mol. The highest BCUT2D eigenvalue weighted by Gasteiger charge is 2.34. The van der Waals surface area contributed by atoms with Crippen molar-refractivity contribution in [1.82, 2.24) is 19.8 Å². The number of carbonyl (C=O) groups is 1. The topological polar surface area (TPSA) is 79.8 Å². The first kappa shape index (κ1) is 24.5. The van der Waals surface area contributed by atoms with E-state index >= 15 is 0 Å². The summed E-state index contributed by atoms with van der Waals surface area (Å²) in [5.74, 6) is 1.08.